The number of benzene rings is 3. The van der Waals surface area contributed by atoms with Gasteiger partial charge in [0.15, 0.2) is 5.55 Å². The Morgan fingerprint density at radius 1 is 0.974 bits per heavy atom. The predicted octanol–water partition coefficient (Wildman–Crippen LogP) is 5.79. The van der Waals surface area contributed by atoms with Gasteiger partial charge < -0.3 is 19.2 Å². The Morgan fingerprint density at radius 3 is 2.49 bits per heavy atom. The maximum absolute atomic E-state index is 6.00. The van der Waals surface area contributed by atoms with Gasteiger partial charge in [0.25, 0.3) is 0 Å². The molecule has 1 atom stereocenters. The fourth-order valence-electron chi connectivity index (χ4n) is 5.36. The summed E-state index contributed by atoms with van der Waals surface area (Å²) in [6.45, 7) is 8.57. The van der Waals surface area contributed by atoms with Crippen molar-refractivity contribution >= 4 is 28.7 Å². The van der Waals surface area contributed by atoms with E-state index in [0.717, 1.165) is 57.3 Å². The van der Waals surface area contributed by atoms with E-state index in [0.29, 0.717) is 6.61 Å². The number of rotatable bonds is 7. The van der Waals surface area contributed by atoms with Gasteiger partial charge in [-0.2, -0.15) is 0 Å². The molecule has 3 heterocycles. The van der Waals surface area contributed by atoms with E-state index in [2.05, 4.69) is 83.4 Å². The third kappa shape index (κ3) is 6.86. The number of aryl methyl sites for hydroxylation is 1. The summed E-state index contributed by atoms with van der Waals surface area (Å²) in [4.78, 5) is 8.56. The monoisotopic (exact) mass is 543 g/mol. The highest BCUT2D eigenvalue weighted by Crippen LogP contribution is 2.38. The number of para-hydroxylation sites is 1. The normalized spacial score (nSPS) is 17.6. The quantitative estimate of drug-likeness (QED) is 0.298. The molecule has 4 aromatic rings. The predicted molar refractivity (Wildman–Crippen MR) is 161 cm³/mol. The number of hydrogen-bond donors (Lipinski definition) is 1. The van der Waals surface area contributed by atoms with Gasteiger partial charge in [-0.25, -0.2) is 0 Å². The van der Waals surface area contributed by atoms with Crippen LogP contribution in [-0.4, -0.2) is 73.4 Å². The zero-order chi connectivity index (χ0) is 27.0. The molecule has 0 amide bonds. The maximum Gasteiger partial charge on any atom is 0.154 e. The second-order valence-electron chi connectivity index (χ2n) is 10.1. The number of nitrogens with one attached hydrogen (secondary N) is 1. The third-order valence-corrected chi connectivity index (χ3v) is 7.52. The highest BCUT2D eigenvalue weighted by molar-refractivity contribution is 7.78. The van der Waals surface area contributed by atoms with Crippen LogP contribution < -0.4 is 9.47 Å². The standard InChI is InChI=1S/C25H31N3O2.C7H6OS/c1-18-3-8-23-22(17-18)21-9-10-27(2)25(24(21)26-23)19-4-6-20(7-5-19)30-16-13-28-11-14-29-15-12-28;9-6-8-7-4-2-1-3-5-7/h3-8,17,25-26H,9-16H2,1-2H3;1-6H. The molecule has 0 spiro atoms. The molecule has 0 radical (unpaired) electrons. The van der Waals surface area contributed by atoms with Crippen LogP contribution >= 0.6 is 12.2 Å². The molecule has 1 unspecified atom stereocenters. The van der Waals surface area contributed by atoms with E-state index in [4.69, 9.17) is 14.2 Å². The zero-order valence-electron chi connectivity index (χ0n) is 22.8. The number of H-pyrrole nitrogens is 1. The molecule has 204 valence electrons. The molecule has 39 heavy (non-hydrogen) atoms. The first-order valence-electron chi connectivity index (χ1n) is 13.6. The van der Waals surface area contributed by atoms with E-state index in [1.807, 2.05) is 30.3 Å². The number of morpholine rings is 1. The van der Waals surface area contributed by atoms with Gasteiger partial charge in [-0.05, 0) is 80.1 Å². The molecule has 1 saturated heterocycles. The van der Waals surface area contributed by atoms with E-state index in [9.17, 15) is 0 Å². The Kier molecular flexibility index (Phi) is 9.27. The Balaban J connectivity index is 0.000000292. The summed E-state index contributed by atoms with van der Waals surface area (Å²) in [5.74, 6) is 1.73. The Hall–Kier alpha value is -3.23. The summed E-state index contributed by atoms with van der Waals surface area (Å²) in [7, 11) is 2.22. The van der Waals surface area contributed by atoms with Crippen LogP contribution in [0.15, 0.2) is 72.8 Å². The minimum atomic E-state index is 0.254. The molecule has 6 nitrogen and oxygen atoms in total. The van der Waals surface area contributed by atoms with E-state index < -0.39 is 0 Å². The van der Waals surface area contributed by atoms with Gasteiger partial charge in [-0.15, -0.1) is 0 Å². The van der Waals surface area contributed by atoms with Gasteiger partial charge in [0, 0.05) is 42.8 Å². The second-order valence-corrected chi connectivity index (χ2v) is 10.3. The van der Waals surface area contributed by atoms with E-state index in [1.54, 1.807) is 0 Å². The Morgan fingerprint density at radius 2 is 1.74 bits per heavy atom. The van der Waals surface area contributed by atoms with Crippen LogP contribution in [0.2, 0.25) is 0 Å². The van der Waals surface area contributed by atoms with Gasteiger partial charge in [0.05, 0.1) is 19.3 Å². The first-order chi connectivity index (χ1) is 19.1. The fourth-order valence-corrected chi connectivity index (χ4v) is 5.47. The Labute approximate surface area is 236 Å². The molecule has 1 fully saturated rings. The molecule has 3 aromatic carbocycles. The largest absolute Gasteiger partial charge is 0.492 e. The number of fused-ring (bicyclic) bond motifs is 3. The number of likely N-dealkylation sites (N-methyl/N-ethyl adjacent to an activating group) is 1. The molecule has 7 heteroatoms. The number of nitrogens with zero attached hydrogens (tertiary/aromatic N) is 2. The highest BCUT2D eigenvalue weighted by atomic mass is 32.1. The van der Waals surface area contributed by atoms with Crippen molar-refractivity contribution < 1.29 is 14.2 Å². The van der Waals surface area contributed by atoms with Crippen molar-refractivity contribution in [2.75, 3.05) is 53.0 Å². The van der Waals surface area contributed by atoms with Crippen molar-refractivity contribution in [1.82, 2.24) is 14.8 Å². The number of hydrogen-bond acceptors (Lipinski definition) is 6. The molecule has 2 aliphatic heterocycles. The summed E-state index contributed by atoms with van der Waals surface area (Å²) in [5, 5.41) is 1.38. The van der Waals surface area contributed by atoms with Gasteiger partial charge in [-0.3, -0.25) is 9.80 Å². The van der Waals surface area contributed by atoms with Crippen LogP contribution in [0.1, 0.15) is 28.4 Å². The van der Waals surface area contributed by atoms with Crippen molar-refractivity contribution in [2.45, 2.75) is 19.4 Å². The number of aromatic amines is 1. The first-order valence-corrected chi connectivity index (χ1v) is 14.1. The summed E-state index contributed by atoms with van der Waals surface area (Å²) < 4.78 is 16.3. The van der Waals surface area contributed by atoms with Gasteiger partial charge in [0.1, 0.15) is 18.1 Å². The lowest BCUT2D eigenvalue weighted by Gasteiger charge is -2.33. The average Bonchev–Trinajstić information content (AvgIpc) is 3.33. The lowest BCUT2D eigenvalue weighted by molar-refractivity contribution is 0.0322. The van der Waals surface area contributed by atoms with Crippen molar-refractivity contribution in [3.05, 3.63) is 95.2 Å². The molecule has 0 saturated carbocycles. The lowest BCUT2D eigenvalue weighted by Crippen LogP contribution is -2.38. The van der Waals surface area contributed by atoms with Gasteiger partial charge in [-0.1, -0.05) is 42.0 Å². The minimum Gasteiger partial charge on any atom is -0.492 e. The molecule has 6 rings (SSSR count). The van der Waals surface area contributed by atoms with Crippen molar-refractivity contribution in [3.63, 3.8) is 0 Å². The molecule has 2 aliphatic rings. The fraction of sp³-hybridized carbons (Fsp3) is 0.344. The molecule has 1 aromatic heterocycles. The van der Waals surface area contributed by atoms with Crippen molar-refractivity contribution in [1.29, 1.82) is 0 Å². The first kappa shape index (κ1) is 27.3. The smallest absolute Gasteiger partial charge is 0.154 e. The lowest BCUT2D eigenvalue weighted by atomic mass is 9.92. The topological polar surface area (TPSA) is 50.0 Å². The van der Waals surface area contributed by atoms with Crippen LogP contribution in [-0.2, 0) is 11.2 Å². The van der Waals surface area contributed by atoms with Crippen LogP contribution in [0.3, 0.4) is 0 Å². The molecule has 0 aliphatic carbocycles. The molecule has 1 N–H and O–H groups in total. The minimum absolute atomic E-state index is 0.254. The summed E-state index contributed by atoms with van der Waals surface area (Å²) in [6.07, 6.45) is 1.09. The molecular weight excluding hydrogens is 506 g/mol. The Bertz CT molecular complexity index is 1350. The number of thiocarbonyl (C=S) groups is 1. The summed E-state index contributed by atoms with van der Waals surface area (Å²) in [5.41, 5.74) is 7.93. The third-order valence-electron chi connectivity index (χ3n) is 7.43. The SMILES string of the molecule is Cc1ccc2[nH]c3c(c2c1)CCN(C)C3c1ccc(OCCN2CCOCC2)cc1.S=COc1ccccc1. The van der Waals surface area contributed by atoms with Crippen LogP contribution in [0.25, 0.3) is 10.9 Å². The number of aromatic nitrogens is 1. The van der Waals surface area contributed by atoms with E-state index >= 15 is 0 Å². The molecule has 0 bridgehead atoms. The zero-order valence-corrected chi connectivity index (χ0v) is 23.6. The van der Waals surface area contributed by atoms with Crippen LogP contribution in [0, 0.1) is 6.92 Å². The second kappa shape index (κ2) is 13.2. The van der Waals surface area contributed by atoms with Crippen LogP contribution in [0.5, 0.6) is 11.5 Å². The van der Waals surface area contributed by atoms with Gasteiger partial charge in [0.2, 0.25) is 0 Å². The van der Waals surface area contributed by atoms with Crippen LogP contribution in [0.4, 0.5) is 0 Å². The summed E-state index contributed by atoms with van der Waals surface area (Å²) >= 11 is 4.49. The van der Waals surface area contributed by atoms with Gasteiger partial charge >= 0.3 is 0 Å². The maximum atomic E-state index is 6.00. The van der Waals surface area contributed by atoms with E-state index in [1.165, 1.54) is 38.8 Å². The van der Waals surface area contributed by atoms with E-state index in [-0.39, 0.29) is 6.04 Å². The number of ether oxygens (including phenoxy) is 3. The average molecular weight is 544 g/mol. The highest BCUT2D eigenvalue weighted by Gasteiger charge is 2.29. The van der Waals surface area contributed by atoms with Crippen molar-refractivity contribution in [3.8, 4) is 11.5 Å². The van der Waals surface area contributed by atoms with Crippen molar-refractivity contribution in [2.24, 2.45) is 0 Å². The molecular formula is C32H37N3O3S. The summed E-state index contributed by atoms with van der Waals surface area (Å²) in [6, 6.07) is 25.1.